The van der Waals surface area contributed by atoms with Crippen molar-refractivity contribution in [1.82, 2.24) is 20.4 Å². The maximum Gasteiger partial charge on any atom is 0.254 e. The quantitative estimate of drug-likeness (QED) is 0.739. The van der Waals surface area contributed by atoms with Crippen molar-refractivity contribution in [3.05, 3.63) is 35.4 Å². The van der Waals surface area contributed by atoms with Crippen LogP contribution in [-0.2, 0) is 29.0 Å². The third kappa shape index (κ3) is 5.12. The van der Waals surface area contributed by atoms with Gasteiger partial charge in [0.15, 0.2) is 5.82 Å². The number of hydrogen-bond donors (Lipinski definition) is 1. The molecule has 0 aromatic carbocycles. The fourth-order valence-electron chi connectivity index (χ4n) is 2.53. The number of hydrogen-bond acceptors (Lipinski definition) is 8. The molecule has 9 nitrogen and oxygen atoms in total. The van der Waals surface area contributed by atoms with Crippen LogP contribution in [0.25, 0.3) is 0 Å². The highest BCUT2D eigenvalue weighted by molar-refractivity contribution is 5.93. The second-order valence-electron chi connectivity index (χ2n) is 5.73. The molecule has 3 rings (SSSR count). The van der Waals surface area contributed by atoms with Gasteiger partial charge in [0, 0.05) is 33.2 Å². The first kappa shape index (κ1) is 17.6. The average Bonchev–Trinajstić information content (AvgIpc) is 3.26. The number of furan rings is 1. The fourth-order valence-corrected chi connectivity index (χ4v) is 2.53. The van der Waals surface area contributed by atoms with E-state index in [0.29, 0.717) is 43.4 Å². The van der Waals surface area contributed by atoms with Crippen LogP contribution in [0.15, 0.2) is 21.3 Å². The predicted octanol–water partition coefficient (Wildman–Crippen LogP) is 0.614. The second-order valence-corrected chi connectivity index (χ2v) is 5.73. The van der Waals surface area contributed by atoms with Crippen molar-refractivity contribution < 1.29 is 23.2 Å². The topological polar surface area (TPSA) is 103 Å². The summed E-state index contributed by atoms with van der Waals surface area (Å²) in [5.74, 6) is 1.54. The predicted molar refractivity (Wildman–Crippen MR) is 85.9 cm³/mol. The first-order valence-corrected chi connectivity index (χ1v) is 8.20. The Morgan fingerprint density at radius 2 is 2.24 bits per heavy atom. The molecule has 2 aromatic rings. The first-order valence-electron chi connectivity index (χ1n) is 8.20. The Labute approximate surface area is 145 Å². The van der Waals surface area contributed by atoms with E-state index in [-0.39, 0.29) is 5.91 Å². The third-order valence-corrected chi connectivity index (χ3v) is 3.81. The van der Waals surface area contributed by atoms with E-state index < -0.39 is 0 Å². The Hall–Kier alpha value is -2.23. The van der Waals surface area contributed by atoms with Gasteiger partial charge >= 0.3 is 0 Å². The van der Waals surface area contributed by atoms with Crippen molar-refractivity contribution in [3.8, 4) is 0 Å². The van der Waals surface area contributed by atoms with Crippen molar-refractivity contribution in [2.24, 2.45) is 0 Å². The lowest BCUT2D eigenvalue weighted by Crippen LogP contribution is -2.35. The number of amides is 1. The molecular formula is C16H22N4O5. The molecule has 0 bridgehead atoms. The Morgan fingerprint density at radius 3 is 3.04 bits per heavy atom. The van der Waals surface area contributed by atoms with Gasteiger partial charge in [0.25, 0.3) is 5.91 Å². The van der Waals surface area contributed by atoms with E-state index in [2.05, 4.69) is 20.4 Å². The minimum absolute atomic E-state index is 0.186. The number of carbonyl (C=O) groups is 1. The lowest BCUT2D eigenvalue weighted by atomic mass is 10.2. The molecule has 1 fully saturated rings. The maximum atomic E-state index is 12.2. The molecule has 2 aromatic heterocycles. The number of ether oxygens (including phenoxy) is 2. The van der Waals surface area contributed by atoms with Crippen LogP contribution in [-0.4, -0.2) is 60.9 Å². The van der Waals surface area contributed by atoms with Gasteiger partial charge in [-0.3, -0.25) is 9.69 Å². The van der Waals surface area contributed by atoms with Gasteiger partial charge in [-0.25, -0.2) is 0 Å². The van der Waals surface area contributed by atoms with Gasteiger partial charge in [0.2, 0.25) is 5.89 Å². The summed E-state index contributed by atoms with van der Waals surface area (Å²) < 4.78 is 20.8. The molecular weight excluding hydrogens is 328 g/mol. The molecule has 9 heteroatoms. The zero-order valence-corrected chi connectivity index (χ0v) is 14.2. The molecule has 1 amide bonds. The molecule has 0 radical (unpaired) electrons. The van der Waals surface area contributed by atoms with E-state index in [9.17, 15) is 4.79 Å². The van der Waals surface area contributed by atoms with Crippen LogP contribution in [0.1, 0.15) is 27.8 Å². The largest absolute Gasteiger partial charge is 0.467 e. The summed E-state index contributed by atoms with van der Waals surface area (Å²) in [7, 11) is 1.56. The third-order valence-electron chi connectivity index (χ3n) is 3.81. The van der Waals surface area contributed by atoms with E-state index >= 15 is 0 Å². The number of carbonyl (C=O) groups excluding carboxylic acids is 1. The lowest BCUT2D eigenvalue weighted by Gasteiger charge is -2.25. The van der Waals surface area contributed by atoms with Crippen LogP contribution < -0.4 is 5.32 Å². The van der Waals surface area contributed by atoms with Gasteiger partial charge in [-0.05, 0) is 6.07 Å². The maximum absolute atomic E-state index is 12.2. The number of rotatable bonds is 8. The van der Waals surface area contributed by atoms with Crippen LogP contribution in [0.3, 0.4) is 0 Å². The van der Waals surface area contributed by atoms with Gasteiger partial charge in [0.05, 0.1) is 25.3 Å². The molecule has 1 saturated heterocycles. The molecule has 0 spiro atoms. The standard InChI is InChI=1S/C16H22N4O5/c1-22-11-14-18-15(25-19-14)2-3-17-16(21)12-8-13(24-10-12)9-20-4-6-23-7-5-20/h8,10H,2-7,9,11H2,1H3,(H,17,21). The highest BCUT2D eigenvalue weighted by Crippen LogP contribution is 2.12. The number of nitrogens with one attached hydrogen (secondary N) is 1. The Morgan fingerprint density at radius 1 is 1.40 bits per heavy atom. The van der Waals surface area contributed by atoms with Gasteiger partial charge in [-0.1, -0.05) is 5.16 Å². The summed E-state index contributed by atoms with van der Waals surface area (Å²) >= 11 is 0. The number of nitrogens with zero attached hydrogens (tertiary/aromatic N) is 3. The molecule has 25 heavy (non-hydrogen) atoms. The monoisotopic (exact) mass is 350 g/mol. The van der Waals surface area contributed by atoms with E-state index in [1.54, 1.807) is 13.2 Å². The SMILES string of the molecule is COCc1noc(CCNC(=O)c2coc(CN3CCOCC3)c2)n1. The summed E-state index contributed by atoms with van der Waals surface area (Å²) in [4.78, 5) is 18.5. The smallest absolute Gasteiger partial charge is 0.254 e. The Kier molecular flexibility index (Phi) is 6.15. The number of aromatic nitrogens is 2. The second kappa shape index (κ2) is 8.75. The molecule has 0 saturated carbocycles. The lowest BCUT2D eigenvalue weighted by molar-refractivity contribution is 0.0313. The van der Waals surface area contributed by atoms with Crippen molar-refractivity contribution in [3.63, 3.8) is 0 Å². The van der Waals surface area contributed by atoms with E-state index in [1.807, 2.05) is 0 Å². The zero-order chi connectivity index (χ0) is 17.5. The van der Waals surface area contributed by atoms with Crippen LogP contribution in [0.5, 0.6) is 0 Å². The summed E-state index contributed by atoms with van der Waals surface area (Å²) in [6.45, 7) is 4.59. The minimum Gasteiger partial charge on any atom is -0.467 e. The summed E-state index contributed by atoms with van der Waals surface area (Å²) in [5, 5.41) is 6.58. The molecule has 1 aliphatic rings. The van der Waals surface area contributed by atoms with Crippen molar-refractivity contribution in [2.75, 3.05) is 40.0 Å². The molecule has 0 aliphatic carbocycles. The minimum atomic E-state index is -0.186. The van der Waals surface area contributed by atoms with Crippen LogP contribution in [0.2, 0.25) is 0 Å². The van der Waals surface area contributed by atoms with Crippen LogP contribution in [0.4, 0.5) is 0 Å². The van der Waals surface area contributed by atoms with Gasteiger partial charge in [-0.2, -0.15) is 4.98 Å². The summed E-state index contributed by atoms with van der Waals surface area (Å²) in [5.41, 5.74) is 0.508. The van der Waals surface area contributed by atoms with Gasteiger partial charge in [0.1, 0.15) is 18.6 Å². The molecule has 0 atom stereocenters. The van der Waals surface area contributed by atoms with Crippen molar-refractivity contribution in [2.45, 2.75) is 19.6 Å². The van der Waals surface area contributed by atoms with Gasteiger partial charge < -0.3 is 23.7 Å². The molecule has 3 heterocycles. The van der Waals surface area contributed by atoms with Gasteiger partial charge in [-0.15, -0.1) is 0 Å². The Balaban J connectivity index is 1.43. The molecule has 0 unspecified atom stereocenters. The van der Waals surface area contributed by atoms with E-state index in [4.69, 9.17) is 18.4 Å². The van der Waals surface area contributed by atoms with E-state index in [1.165, 1.54) is 6.26 Å². The van der Waals surface area contributed by atoms with Crippen LogP contribution in [0, 0.1) is 0 Å². The highest BCUT2D eigenvalue weighted by atomic mass is 16.5. The van der Waals surface area contributed by atoms with E-state index in [0.717, 1.165) is 32.1 Å². The van der Waals surface area contributed by atoms with Crippen molar-refractivity contribution in [1.29, 1.82) is 0 Å². The normalized spacial score (nSPS) is 15.4. The average molecular weight is 350 g/mol. The molecule has 1 N–H and O–H groups in total. The fraction of sp³-hybridized carbons (Fsp3) is 0.562. The first-order chi connectivity index (χ1) is 12.2. The number of methoxy groups -OCH3 is 1. The highest BCUT2D eigenvalue weighted by Gasteiger charge is 2.15. The molecule has 136 valence electrons. The number of morpholine rings is 1. The summed E-state index contributed by atoms with van der Waals surface area (Å²) in [6, 6.07) is 1.77. The summed E-state index contributed by atoms with van der Waals surface area (Å²) in [6.07, 6.45) is 1.94. The van der Waals surface area contributed by atoms with Crippen molar-refractivity contribution >= 4 is 5.91 Å². The van der Waals surface area contributed by atoms with Crippen LogP contribution >= 0.6 is 0 Å². The Bertz CT molecular complexity index is 678. The zero-order valence-electron chi connectivity index (χ0n) is 14.2. The molecule has 1 aliphatic heterocycles.